The second kappa shape index (κ2) is 6.00. The van der Waals surface area contributed by atoms with E-state index < -0.39 is 0 Å². The standard InChI is InChI=1S/C12H15NO3/c1-3-9(8-12(14)16-2)10-5-4-6-11(7-10)13-15/h4-7,9H,3,8H2,1-2H3. The number of methoxy groups -OCH3 is 1. The van der Waals surface area contributed by atoms with Crippen LogP contribution in [0.4, 0.5) is 5.69 Å². The monoisotopic (exact) mass is 221 g/mol. The van der Waals surface area contributed by atoms with Crippen molar-refractivity contribution in [2.24, 2.45) is 5.18 Å². The first-order valence-corrected chi connectivity index (χ1v) is 5.21. The van der Waals surface area contributed by atoms with E-state index in [0.717, 1.165) is 12.0 Å². The Labute approximate surface area is 94.6 Å². The fourth-order valence-electron chi connectivity index (χ4n) is 1.62. The number of nitrogens with zero attached hydrogens (tertiary/aromatic N) is 1. The van der Waals surface area contributed by atoms with Crippen LogP contribution in [0.25, 0.3) is 0 Å². The van der Waals surface area contributed by atoms with Crippen LogP contribution in [0, 0.1) is 4.91 Å². The number of carbonyl (C=O) groups is 1. The summed E-state index contributed by atoms with van der Waals surface area (Å²) in [6.07, 6.45) is 1.15. The Hall–Kier alpha value is -1.71. The van der Waals surface area contributed by atoms with Crippen molar-refractivity contribution >= 4 is 11.7 Å². The van der Waals surface area contributed by atoms with Gasteiger partial charge in [-0.15, -0.1) is 4.91 Å². The van der Waals surface area contributed by atoms with Gasteiger partial charge in [0.2, 0.25) is 0 Å². The number of ether oxygens (including phenoxy) is 1. The first kappa shape index (κ1) is 12.4. The lowest BCUT2D eigenvalue weighted by atomic mass is 9.93. The maximum atomic E-state index is 11.2. The van der Waals surface area contributed by atoms with Crippen molar-refractivity contribution in [1.82, 2.24) is 0 Å². The second-order valence-electron chi connectivity index (χ2n) is 3.57. The van der Waals surface area contributed by atoms with Gasteiger partial charge in [0.05, 0.1) is 13.5 Å². The molecule has 1 aromatic carbocycles. The Kier molecular flexibility index (Phi) is 4.64. The van der Waals surface area contributed by atoms with E-state index in [1.54, 1.807) is 18.2 Å². The third kappa shape index (κ3) is 3.15. The minimum absolute atomic E-state index is 0.0779. The zero-order chi connectivity index (χ0) is 12.0. The first-order valence-electron chi connectivity index (χ1n) is 5.21. The number of carbonyl (C=O) groups excluding carboxylic acids is 1. The molecule has 0 radical (unpaired) electrons. The number of benzene rings is 1. The van der Waals surface area contributed by atoms with Gasteiger partial charge in [0.1, 0.15) is 5.69 Å². The highest BCUT2D eigenvalue weighted by atomic mass is 16.5. The topological polar surface area (TPSA) is 55.7 Å². The predicted molar refractivity (Wildman–Crippen MR) is 61.6 cm³/mol. The quantitative estimate of drug-likeness (QED) is 0.567. The zero-order valence-corrected chi connectivity index (χ0v) is 9.47. The Morgan fingerprint density at radius 1 is 1.50 bits per heavy atom. The van der Waals surface area contributed by atoms with Crippen molar-refractivity contribution < 1.29 is 9.53 Å². The number of hydrogen-bond acceptors (Lipinski definition) is 4. The fraction of sp³-hybridized carbons (Fsp3) is 0.417. The van der Waals surface area contributed by atoms with Crippen LogP contribution < -0.4 is 0 Å². The van der Waals surface area contributed by atoms with Crippen molar-refractivity contribution in [3.63, 3.8) is 0 Å². The minimum Gasteiger partial charge on any atom is -0.469 e. The van der Waals surface area contributed by atoms with Crippen LogP contribution >= 0.6 is 0 Å². The molecular weight excluding hydrogens is 206 g/mol. The van der Waals surface area contributed by atoms with E-state index in [0.29, 0.717) is 12.1 Å². The number of nitroso groups, excluding NO2 is 1. The number of rotatable bonds is 5. The van der Waals surface area contributed by atoms with Gasteiger partial charge in [0, 0.05) is 0 Å². The molecule has 0 saturated heterocycles. The highest BCUT2D eigenvalue weighted by Crippen LogP contribution is 2.26. The fourth-order valence-corrected chi connectivity index (χ4v) is 1.62. The molecule has 0 amide bonds. The number of hydrogen-bond donors (Lipinski definition) is 0. The normalized spacial score (nSPS) is 11.9. The molecule has 0 aliphatic heterocycles. The van der Waals surface area contributed by atoms with Gasteiger partial charge in [-0.1, -0.05) is 19.1 Å². The Morgan fingerprint density at radius 3 is 2.81 bits per heavy atom. The molecule has 0 N–H and O–H groups in total. The molecule has 0 heterocycles. The molecule has 0 saturated carbocycles. The molecule has 0 aromatic heterocycles. The van der Waals surface area contributed by atoms with Gasteiger partial charge in [0.15, 0.2) is 0 Å². The first-order chi connectivity index (χ1) is 7.71. The summed E-state index contributed by atoms with van der Waals surface area (Å²) in [5, 5.41) is 2.88. The lowest BCUT2D eigenvalue weighted by molar-refractivity contribution is -0.141. The molecule has 1 unspecified atom stereocenters. The van der Waals surface area contributed by atoms with E-state index in [4.69, 9.17) is 0 Å². The summed E-state index contributed by atoms with van der Waals surface area (Å²) in [6.45, 7) is 1.99. The highest BCUT2D eigenvalue weighted by molar-refractivity contribution is 5.70. The van der Waals surface area contributed by atoms with Crippen molar-refractivity contribution in [1.29, 1.82) is 0 Å². The third-order valence-corrected chi connectivity index (χ3v) is 2.58. The van der Waals surface area contributed by atoms with Crippen molar-refractivity contribution in [2.45, 2.75) is 25.7 Å². The van der Waals surface area contributed by atoms with Crippen LogP contribution in [-0.4, -0.2) is 13.1 Å². The van der Waals surface area contributed by atoms with Crippen LogP contribution in [0.15, 0.2) is 29.4 Å². The largest absolute Gasteiger partial charge is 0.469 e. The van der Waals surface area contributed by atoms with Crippen LogP contribution in [0.1, 0.15) is 31.2 Å². The van der Waals surface area contributed by atoms with E-state index in [2.05, 4.69) is 9.91 Å². The van der Waals surface area contributed by atoms with Gasteiger partial charge in [0.25, 0.3) is 0 Å². The van der Waals surface area contributed by atoms with Crippen LogP contribution in [0.2, 0.25) is 0 Å². The molecule has 0 bridgehead atoms. The van der Waals surface area contributed by atoms with Gasteiger partial charge in [-0.05, 0) is 35.2 Å². The summed E-state index contributed by atoms with van der Waals surface area (Å²) in [5.74, 6) is -0.162. The Bertz CT molecular complexity index is 376. The molecule has 0 aliphatic carbocycles. The molecule has 1 aromatic rings. The summed E-state index contributed by atoms with van der Waals surface area (Å²) in [6, 6.07) is 7.02. The SMILES string of the molecule is CCC(CC(=O)OC)c1cccc(N=O)c1. The van der Waals surface area contributed by atoms with Gasteiger partial charge in [-0.2, -0.15) is 0 Å². The lowest BCUT2D eigenvalue weighted by Gasteiger charge is -2.13. The third-order valence-electron chi connectivity index (χ3n) is 2.58. The Balaban J connectivity index is 2.85. The van der Waals surface area contributed by atoms with Gasteiger partial charge >= 0.3 is 5.97 Å². The zero-order valence-electron chi connectivity index (χ0n) is 9.47. The van der Waals surface area contributed by atoms with E-state index in [1.165, 1.54) is 7.11 Å². The molecule has 0 aliphatic rings. The molecular formula is C12H15NO3. The predicted octanol–water partition coefficient (Wildman–Crippen LogP) is 3.14. The maximum absolute atomic E-state index is 11.2. The van der Waals surface area contributed by atoms with Crippen LogP contribution in [0.5, 0.6) is 0 Å². The minimum atomic E-state index is -0.240. The average molecular weight is 221 g/mol. The van der Waals surface area contributed by atoms with Crippen molar-refractivity contribution in [2.75, 3.05) is 7.11 Å². The van der Waals surface area contributed by atoms with Crippen LogP contribution in [0.3, 0.4) is 0 Å². The molecule has 0 fully saturated rings. The molecule has 86 valence electrons. The summed E-state index contributed by atoms with van der Waals surface area (Å²) >= 11 is 0. The number of esters is 1. The van der Waals surface area contributed by atoms with E-state index in [1.807, 2.05) is 13.0 Å². The summed E-state index contributed by atoms with van der Waals surface area (Å²) in [7, 11) is 1.37. The highest BCUT2D eigenvalue weighted by Gasteiger charge is 2.14. The Morgan fingerprint density at radius 2 is 2.25 bits per heavy atom. The molecule has 0 spiro atoms. The summed E-state index contributed by atoms with van der Waals surface area (Å²) in [5.41, 5.74) is 1.34. The smallest absolute Gasteiger partial charge is 0.306 e. The summed E-state index contributed by atoms with van der Waals surface area (Å²) in [4.78, 5) is 21.6. The van der Waals surface area contributed by atoms with E-state index in [9.17, 15) is 9.70 Å². The molecule has 16 heavy (non-hydrogen) atoms. The summed E-state index contributed by atoms with van der Waals surface area (Å²) < 4.78 is 4.64. The molecule has 1 rings (SSSR count). The lowest BCUT2D eigenvalue weighted by Crippen LogP contribution is -2.07. The van der Waals surface area contributed by atoms with Gasteiger partial charge < -0.3 is 4.74 Å². The van der Waals surface area contributed by atoms with Gasteiger partial charge in [-0.3, -0.25) is 4.79 Å². The second-order valence-corrected chi connectivity index (χ2v) is 3.57. The van der Waals surface area contributed by atoms with Crippen molar-refractivity contribution in [3.05, 3.63) is 34.7 Å². The molecule has 1 atom stereocenters. The molecule has 4 heteroatoms. The average Bonchev–Trinajstić information content (AvgIpc) is 2.35. The van der Waals surface area contributed by atoms with E-state index in [-0.39, 0.29) is 11.9 Å². The van der Waals surface area contributed by atoms with Gasteiger partial charge in [-0.25, -0.2) is 0 Å². The van der Waals surface area contributed by atoms with Crippen LogP contribution in [-0.2, 0) is 9.53 Å². The van der Waals surface area contributed by atoms with E-state index >= 15 is 0 Å². The van der Waals surface area contributed by atoms with Crippen molar-refractivity contribution in [3.8, 4) is 0 Å². The molecule has 4 nitrogen and oxygen atoms in total. The maximum Gasteiger partial charge on any atom is 0.306 e.